The molecule has 0 aliphatic heterocycles. The first-order valence-electron chi connectivity index (χ1n) is 5.16. The monoisotopic (exact) mass is 222 g/mol. The first-order chi connectivity index (χ1) is 7.77. The van der Waals surface area contributed by atoms with Crippen molar-refractivity contribution in [1.29, 1.82) is 0 Å². The van der Waals surface area contributed by atoms with E-state index in [-0.39, 0.29) is 5.75 Å². The van der Waals surface area contributed by atoms with Crippen molar-refractivity contribution < 1.29 is 19.1 Å². The average molecular weight is 222 g/mol. The average Bonchev–Trinajstić information content (AvgIpc) is 2.30. The Hall–Kier alpha value is -1.84. The molecule has 0 amide bonds. The van der Waals surface area contributed by atoms with E-state index in [1.54, 1.807) is 24.3 Å². The van der Waals surface area contributed by atoms with Gasteiger partial charge in [-0.1, -0.05) is 25.5 Å². The summed E-state index contributed by atoms with van der Waals surface area (Å²) in [7, 11) is 0. The summed E-state index contributed by atoms with van der Waals surface area (Å²) in [4.78, 5) is 21.8. The quantitative estimate of drug-likeness (QED) is 0.332. The number of carbonyl (C=O) groups excluding carboxylic acids is 2. The number of ether oxygens (including phenoxy) is 2. The van der Waals surface area contributed by atoms with Crippen molar-refractivity contribution in [2.45, 2.75) is 19.8 Å². The van der Waals surface area contributed by atoms with Crippen LogP contribution in [0.3, 0.4) is 0 Å². The van der Waals surface area contributed by atoms with Crippen LogP contribution in [-0.4, -0.2) is 19.0 Å². The molecule has 0 fully saturated rings. The van der Waals surface area contributed by atoms with E-state index in [0.717, 1.165) is 12.8 Å². The lowest BCUT2D eigenvalue weighted by Gasteiger charge is -2.06. The zero-order valence-electron chi connectivity index (χ0n) is 9.14. The minimum Gasteiger partial charge on any atom is -0.434 e. The minimum absolute atomic E-state index is 0.221. The van der Waals surface area contributed by atoms with Crippen molar-refractivity contribution in [2.24, 2.45) is 0 Å². The Morgan fingerprint density at radius 1 is 1.38 bits per heavy atom. The van der Waals surface area contributed by atoms with Crippen molar-refractivity contribution >= 4 is 12.4 Å². The predicted octanol–water partition coefficient (Wildman–Crippen LogP) is 2.81. The summed E-state index contributed by atoms with van der Waals surface area (Å²) in [5.74, 6) is 0.221. The van der Waals surface area contributed by atoms with Crippen molar-refractivity contribution in [3.8, 4) is 5.75 Å². The molecule has 0 radical (unpaired) electrons. The molecule has 0 spiro atoms. The van der Waals surface area contributed by atoms with Crippen LogP contribution in [0.4, 0.5) is 4.79 Å². The fourth-order valence-corrected chi connectivity index (χ4v) is 1.09. The normalized spacial score (nSPS) is 9.56. The Labute approximate surface area is 94.2 Å². The highest BCUT2D eigenvalue weighted by Crippen LogP contribution is 2.16. The van der Waals surface area contributed by atoms with Crippen LogP contribution in [0.2, 0.25) is 0 Å². The molecule has 4 nitrogen and oxygen atoms in total. The van der Waals surface area contributed by atoms with Crippen molar-refractivity contribution in [3.63, 3.8) is 0 Å². The first-order valence-corrected chi connectivity index (χ1v) is 5.16. The highest BCUT2D eigenvalue weighted by molar-refractivity contribution is 5.80. The van der Waals surface area contributed by atoms with Gasteiger partial charge >= 0.3 is 6.16 Å². The van der Waals surface area contributed by atoms with Gasteiger partial charge in [0.1, 0.15) is 5.75 Å². The number of para-hydroxylation sites is 1. The number of benzene rings is 1. The summed E-state index contributed by atoms with van der Waals surface area (Å²) < 4.78 is 9.70. The van der Waals surface area contributed by atoms with Crippen LogP contribution in [0.15, 0.2) is 24.3 Å². The van der Waals surface area contributed by atoms with Gasteiger partial charge in [0.05, 0.1) is 12.2 Å². The van der Waals surface area contributed by atoms with E-state index in [1.165, 1.54) is 0 Å². The van der Waals surface area contributed by atoms with Gasteiger partial charge in [0.2, 0.25) is 0 Å². The lowest BCUT2D eigenvalue weighted by molar-refractivity contribution is 0.0971. The Kier molecular flexibility index (Phi) is 5.05. The fraction of sp³-hybridized carbons (Fsp3) is 0.333. The van der Waals surface area contributed by atoms with Crippen LogP contribution in [0.5, 0.6) is 5.75 Å². The molecule has 0 bridgehead atoms. The van der Waals surface area contributed by atoms with Gasteiger partial charge in [-0.3, -0.25) is 4.79 Å². The second-order valence-corrected chi connectivity index (χ2v) is 3.21. The summed E-state index contributed by atoms with van der Waals surface area (Å²) in [6.07, 6.45) is 1.60. The van der Waals surface area contributed by atoms with Crippen molar-refractivity contribution in [2.75, 3.05) is 6.61 Å². The molecule has 0 saturated carbocycles. The van der Waals surface area contributed by atoms with Gasteiger partial charge in [0, 0.05) is 0 Å². The van der Waals surface area contributed by atoms with E-state index >= 15 is 0 Å². The highest BCUT2D eigenvalue weighted by atomic mass is 16.7. The van der Waals surface area contributed by atoms with E-state index in [4.69, 9.17) is 9.47 Å². The van der Waals surface area contributed by atoms with Gasteiger partial charge in [-0.05, 0) is 18.6 Å². The van der Waals surface area contributed by atoms with Crippen LogP contribution >= 0.6 is 0 Å². The molecule has 1 aromatic carbocycles. The lowest BCUT2D eigenvalue weighted by Crippen LogP contribution is -2.12. The number of rotatable bonds is 5. The van der Waals surface area contributed by atoms with Crippen molar-refractivity contribution in [3.05, 3.63) is 29.8 Å². The topological polar surface area (TPSA) is 52.6 Å². The summed E-state index contributed by atoms with van der Waals surface area (Å²) in [6, 6.07) is 6.49. The van der Waals surface area contributed by atoms with Gasteiger partial charge in [-0.15, -0.1) is 0 Å². The van der Waals surface area contributed by atoms with Gasteiger partial charge in [-0.2, -0.15) is 0 Å². The second-order valence-electron chi connectivity index (χ2n) is 3.21. The molecule has 1 rings (SSSR count). The van der Waals surface area contributed by atoms with E-state index in [0.29, 0.717) is 18.5 Å². The third kappa shape index (κ3) is 3.73. The summed E-state index contributed by atoms with van der Waals surface area (Å²) >= 11 is 0. The molecule has 0 aliphatic rings. The van der Waals surface area contributed by atoms with Crippen LogP contribution in [0.25, 0.3) is 0 Å². The SMILES string of the molecule is CCCCOC(=O)Oc1ccccc1C=O. The molecule has 1 aromatic rings. The molecule has 0 N–H and O–H groups in total. The zero-order valence-corrected chi connectivity index (χ0v) is 9.14. The Morgan fingerprint density at radius 2 is 2.12 bits per heavy atom. The Bertz CT molecular complexity index is 360. The maximum atomic E-state index is 11.2. The van der Waals surface area contributed by atoms with Gasteiger partial charge in [0.15, 0.2) is 6.29 Å². The maximum Gasteiger partial charge on any atom is 0.513 e. The molecule has 0 heterocycles. The van der Waals surface area contributed by atoms with E-state index in [9.17, 15) is 9.59 Å². The second kappa shape index (κ2) is 6.61. The summed E-state index contributed by atoms with van der Waals surface area (Å²) in [5, 5.41) is 0. The van der Waals surface area contributed by atoms with Crippen LogP contribution in [0, 0.1) is 0 Å². The lowest BCUT2D eigenvalue weighted by atomic mass is 10.2. The number of unbranched alkanes of at least 4 members (excludes halogenated alkanes) is 1. The number of carbonyl (C=O) groups is 2. The zero-order chi connectivity index (χ0) is 11.8. The molecule has 0 aliphatic carbocycles. The molecule has 0 saturated heterocycles. The standard InChI is InChI=1S/C12H14O4/c1-2-3-8-15-12(14)16-11-7-5-4-6-10(11)9-13/h4-7,9H,2-3,8H2,1H3. The smallest absolute Gasteiger partial charge is 0.434 e. The molecular weight excluding hydrogens is 208 g/mol. The number of hydrogen-bond acceptors (Lipinski definition) is 4. The Morgan fingerprint density at radius 3 is 2.81 bits per heavy atom. The number of hydrogen-bond donors (Lipinski definition) is 0. The summed E-state index contributed by atoms with van der Waals surface area (Å²) in [5.41, 5.74) is 0.329. The predicted molar refractivity (Wildman–Crippen MR) is 58.7 cm³/mol. The maximum absolute atomic E-state index is 11.2. The number of aldehydes is 1. The molecule has 0 aromatic heterocycles. The molecular formula is C12H14O4. The summed E-state index contributed by atoms with van der Waals surface area (Å²) in [6.45, 7) is 2.33. The minimum atomic E-state index is -0.775. The molecule has 16 heavy (non-hydrogen) atoms. The largest absolute Gasteiger partial charge is 0.513 e. The molecule has 0 atom stereocenters. The van der Waals surface area contributed by atoms with Crippen molar-refractivity contribution in [1.82, 2.24) is 0 Å². The third-order valence-corrected chi connectivity index (χ3v) is 1.96. The fourth-order valence-electron chi connectivity index (χ4n) is 1.09. The van der Waals surface area contributed by atoms with Crippen LogP contribution in [-0.2, 0) is 4.74 Å². The van der Waals surface area contributed by atoms with E-state index < -0.39 is 6.16 Å². The third-order valence-electron chi connectivity index (χ3n) is 1.96. The molecule has 0 unspecified atom stereocenters. The molecule has 86 valence electrons. The van der Waals surface area contributed by atoms with Crippen LogP contribution < -0.4 is 4.74 Å². The van der Waals surface area contributed by atoms with Gasteiger partial charge in [-0.25, -0.2) is 4.79 Å². The highest BCUT2D eigenvalue weighted by Gasteiger charge is 2.08. The van der Waals surface area contributed by atoms with E-state index in [1.807, 2.05) is 6.92 Å². The van der Waals surface area contributed by atoms with Gasteiger partial charge < -0.3 is 9.47 Å². The van der Waals surface area contributed by atoms with E-state index in [2.05, 4.69) is 0 Å². The Balaban J connectivity index is 2.52. The first kappa shape index (κ1) is 12.2. The molecule has 4 heteroatoms. The van der Waals surface area contributed by atoms with Crippen LogP contribution in [0.1, 0.15) is 30.1 Å². The van der Waals surface area contributed by atoms with Gasteiger partial charge in [0.25, 0.3) is 0 Å².